The van der Waals surface area contributed by atoms with Gasteiger partial charge in [0.25, 0.3) is 0 Å². The third kappa shape index (κ3) is 2.02. The highest BCUT2D eigenvalue weighted by atomic mass is 16.5. The molecule has 0 bridgehead atoms. The van der Waals surface area contributed by atoms with E-state index in [0.717, 1.165) is 6.26 Å². The number of rotatable bonds is 3. The first kappa shape index (κ1) is 9.19. The van der Waals surface area contributed by atoms with E-state index in [-0.39, 0.29) is 5.69 Å². The third-order valence-electron chi connectivity index (χ3n) is 1.44. The van der Waals surface area contributed by atoms with Crippen molar-refractivity contribution < 1.29 is 9.53 Å². The van der Waals surface area contributed by atoms with Gasteiger partial charge in [0.05, 0.1) is 6.26 Å². The SMILES string of the molecule is C=COC(=O)c1ncccc1C=C. The Bertz CT molecular complexity index is 345. The molecule has 0 N–H and O–H groups in total. The van der Waals surface area contributed by atoms with E-state index in [4.69, 9.17) is 0 Å². The Kier molecular flexibility index (Phi) is 2.97. The van der Waals surface area contributed by atoms with Crippen LogP contribution in [0.4, 0.5) is 0 Å². The lowest BCUT2D eigenvalue weighted by Gasteiger charge is -2.00. The average molecular weight is 175 g/mol. The Hall–Kier alpha value is -1.90. The molecule has 0 fully saturated rings. The second kappa shape index (κ2) is 4.21. The summed E-state index contributed by atoms with van der Waals surface area (Å²) in [5.41, 5.74) is 0.895. The summed E-state index contributed by atoms with van der Waals surface area (Å²) in [6.45, 7) is 6.85. The van der Waals surface area contributed by atoms with E-state index in [2.05, 4.69) is 22.9 Å². The molecule has 1 rings (SSSR count). The van der Waals surface area contributed by atoms with E-state index in [1.807, 2.05) is 0 Å². The van der Waals surface area contributed by atoms with Crippen LogP contribution in [0, 0.1) is 0 Å². The van der Waals surface area contributed by atoms with Crippen LogP contribution in [-0.4, -0.2) is 11.0 Å². The van der Waals surface area contributed by atoms with Crippen molar-refractivity contribution in [3.63, 3.8) is 0 Å². The fourth-order valence-corrected chi connectivity index (χ4v) is 0.885. The van der Waals surface area contributed by atoms with Crippen molar-refractivity contribution in [1.29, 1.82) is 0 Å². The lowest BCUT2D eigenvalue weighted by Crippen LogP contribution is -2.05. The molecular weight excluding hydrogens is 166 g/mol. The minimum Gasteiger partial charge on any atom is -0.430 e. The van der Waals surface area contributed by atoms with Crippen molar-refractivity contribution in [1.82, 2.24) is 4.98 Å². The zero-order valence-electron chi connectivity index (χ0n) is 7.06. The highest BCUT2D eigenvalue weighted by Crippen LogP contribution is 2.07. The predicted octanol–water partition coefficient (Wildman–Crippen LogP) is 2.02. The van der Waals surface area contributed by atoms with Crippen molar-refractivity contribution in [3.05, 3.63) is 49.0 Å². The Morgan fingerprint density at radius 1 is 1.54 bits per heavy atom. The number of pyridine rings is 1. The molecule has 0 aliphatic heterocycles. The lowest BCUT2D eigenvalue weighted by molar-refractivity contribution is 0.0657. The van der Waals surface area contributed by atoms with E-state index >= 15 is 0 Å². The van der Waals surface area contributed by atoms with Crippen LogP contribution in [0.25, 0.3) is 6.08 Å². The Morgan fingerprint density at radius 3 is 2.92 bits per heavy atom. The standard InChI is InChI=1S/C10H9NO2/c1-3-8-6-5-7-11-9(8)10(12)13-4-2/h3-7H,1-2H2. The number of carbonyl (C=O) groups excluding carboxylic acids is 1. The normalized spacial score (nSPS) is 8.92. The van der Waals surface area contributed by atoms with E-state index in [1.54, 1.807) is 18.2 Å². The third-order valence-corrected chi connectivity index (χ3v) is 1.44. The van der Waals surface area contributed by atoms with Gasteiger partial charge in [0.15, 0.2) is 5.69 Å². The van der Waals surface area contributed by atoms with Gasteiger partial charge in [0.2, 0.25) is 0 Å². The Labute approximate surface area is 76.4 Å². The number of hydrogen-bond acceptors (Lipinski definition) is 3. The highest BCUT2D eigenvalue weighted by Gasteiger charge is 2.10. The fourth-order valence-electron chi connectivity index (χ4n) is 0.885. The number of carbonyl (C=O) groups is 1. The second-order valence-corrected chi connectivity index (χ2v) is 2.22. The summed E-state index contributed by atoms with van der Waals surface area (Å²) >= 11 is 0. The van der Waals surface area contributed by atoms with Crippen molar-refractivity contribution in [2.45, 2.75) is 0 Å². The summed E-state index contributed by atoms with van der Waals surface area (Å²) in [5, 5.41) is 0. The van der Waals surface area contributed by atoms with Crippen LogP contribution in [0.15, 0.2) is 37.7 Å². The van der Waals surface area contributed by atoms with Crippen LogP contribution in [0.5, 0.6) is 0 Å². The number of nitrogens with zero attached hydrogens (tertiary/aromatic N) is 1. The van der Waals surface area contributed by atoms with Crippen LogP contribution >= 0.6 is 0 Å². The zero-order valence-corrected chi connectivity index (χ0v) is 7.06. The molecule has 0 spiro atoms. The molecule has 0 saturated heterocycles. The van der Waals surface area contributed by atoms with Crippen molar-refractivity contribution in [2.75, 3.05) is 0 Å². The quantitative estimate of drug-likeness (QED) is 0.521. The molecule has 0 aliphatic carbocycles. The van der Waals surface area contributed by atoms with Crippen LogP contribution in [0.1, 0.15) is 16.1 Å². The minimum atomic E-state index is -0.523. The summed E-state index contributed by atoms with van der Waals surface area (Å²) in [4.78, 5) is 15.1. The van der Waals surface area contributed by atoms with Gasteiger partial charge in [-0.25, -0.2) is 9.78 Å². The van der Waals surface area contributed by atoms with Gasteiger partial charge >= 0.3 is 5.97 Å². The van der Waals surface area contributed by atoms with Gasteiger partial charge in [-0.15, -0.1) is 0 Å². The highest BCUT2D eigenvalue weighted by molar-refractivity contribution is 5.91. The first-order chi connectivity index (χ1) is 6.29. The molecule has 0 aromatic carbocycles. The van der Waals surface area contributed by atoms with E-state index < -0.39 is 5.97 Å². The second-order valence-electron chi connectivity index (χ2n) is 2.22. The van der Waals surface area contributed by atoms with Crippen LogP contribution in [0.2, 0.25) is 0 Å². The molecule has 0 atom stereocenters. The first-order valence-electron chi connectivity index (χ1n) is 3.69. The summed E-state index contributed by atoms with van der Waals surface area (Å²) in [5.74, 6) is -0.523. The maximum Gasteiger partial charge on any atom is 0.362 e. The van der Waals surface area contributed by atoms with Gasteiger partial charge in [-0.2, -0.15) is 0 Å². The van der Waals surface area contributed by atoms with Crippen LogP contribution in [-0.2, 0) is 4.74 Å². The molecule has 3 nitrogen and oxygen atoms in total. The largest absolute Gasteiger partial charge is 0.430 e. The van der Waals surface area contributed by atoms with E-state index in [9.17, 15) is 4.79 Å². The molecule has 0 unspecified atom stereocenters. The fraction of sp³-hybridized carbons (Fsp3) is 0. The van der Waals surface area contributed by atoms with E-state index in [1.165, 1.54) is 6.20 Å². The molecule has 1 aromatic rings. The van der Waals surface area contributed by atoms with Gasteiger partial charge in [-0.1, -0.05) is 25.3 Å². The number of hydrogen-bond donors (Lipinski definition) is 0. The van der Waals surface area contributed by atoms with Crippen molar-refractivity contribution in [3.8, 4) is 0 Å². The maximum atomic E-state index is 11.2. The Morgan fingerprint density at radius 2 is 2.31 bits per heavy atom. The molecule has 1 aromatic heterocycles. The Balaban J connectivity index is 3.05. The van der Waals surface area contributed by atoms with E-state index in [0.29, 0.717) is 5.56 Å². The van der Waals surface area contributed by atoms with Crippen molar-refractivity contribution in [2.24, 2.45) is 0 Å². The number of esters is 1. The lowest BCUT2D eigenvalue weighted by atomic mass is 10.2. The molecule has 0 saturated carbocycles. The predicted molar refractivity (Wildman–Crippen MR) is 49.9 cm³/mol. The first-order valence-corrected chi connectivity index (χ1v) is 3.69. The molecule has 0 aliphatic rings. The van der Waals surface area contributed by atoms with Crippen molar-refractivity contribution >= 4 is 12.0 Å². The van der Waals surface area contributed by atoms with Gasteiger partial charge in [-0.3, -0.25) is 0 Å². The minimum absolute atomic E-state index is 0.248. The van der Waals surface area contributed by atoms with Gasteiger partial charge in [-0.05, 0) is 6.07 Å². The molecule has 3 heteroatoms. The monoisotopic (exact) mass is 175 g/mol. The molecular formula is C10H9NO2. The summed E-state index contributed by atoms with van der Waals surface area (Å²) < 4.78 is 4.59. The van der Waals surface area contributed by atoms with Gasteiger partial charge < -0.3 is 4.74 Å². The maximum absolute atomic E-state index is 11.2. The molecule has 66 valence electrons. The van der Waals surface area contributed by atoms with Crippen LogP contribution in [0.3, 0.4) is 0 Å². The smallest absolute Gasteiger partial charge is 0.362 e. The topological polar surface area (TPSA) is 39.2 Å². The van der Waals surface area contributed by atoms with Gasteiger partial charge in [0, 0.05) is 11.8 Å². The van der Waals surface area contributed by atoms with Crippen LogP contribution < -0.4 is 0 Å². The molecule has 0 radical (unpaired) electrons. The summed E-state index contributed by atoms with van der Waals surface area (Å²) in [6, 6.07) is 3.46. The number of aromatic nitrogens is 1. The molecule has 0 amide bonds. The van der Waals surface area contributed by atoms with Gasteiger partial charge in [0.1, 0.15) is 0 Å². The molecule has 13 heavy (non-hydrogen) atoms. The zero-order chi connectivity index (χ0) is 9.68. The average Bonchev–Trinajstić information content (AvgIpc) is 2.18. The summed E-state index contributed by atoms with van der Waals surface area (Å²) in [7, 11) is 0. The summed E-state index contributed by atoms with van der Waals surface area (Å²) in [6.07, 6.45) is 4.14. The number of ether oxygens (including phenoxy) is 1. The molecule has 1 heterocycles.